The van der Waals surface area contributed by atoms with Crippen LogP contribution in [0.15, 0.2) is 17.0 Å². The van der Waals surface area contributed by atoms with Crippen LogP contribution in [0, 0.1) is 19.8 Å². The number of anilines is 1. The third-order valence-corrected chi connectivity index (χ3v) is 6.17. The van der Waals surface area contributed by atoms with E-state index >= 15 is 0 Å². The van der Waals surface area contributed by atoms with Crippen molar-refractivity contribution in [3.63, 3.8) is 0 Å². The van der Waals surface area contributed by atoms with E-state index in [1.54, 1.807) is 0 Å². The van der Waals surface area contributed by atoms with E-state index in [-0.39, 0.29) is 6.04 Å². The quantitative estimate of drug-likeness (QED) is 0.848. The van der Waals surface area contributed by atoms with Gasteiger partial charge in [0.05, 0.1) is 4.90 Å². The van der Waals surface area contributed by atoms with Gasteiger partial charge in [0.25, 0.3) is 0 Å². The molecule has 0 heterocycles. The van der Waals surface area contributed by atoms with Gasteiger partial charge in [-0.25, -0.2) is 13.1 Å². The van der Waals surface area contributed by atoms with E-state index in [0.717, 1.165) is 36.2 Å². The molecule has 0 saturated heterocycles. The Morgan fingerprint density at radius 2 is 1.81 bits per heavy atom. The van der Waals surface area contributed by atoms with Gasteiger partial charge in [-0.3, -0.25) is 0 Å². The topological polar surface area (TPSA) is 58.2 Å². The van der Waals surface area contributed by atoms with Crippen LogP contribution in [-0.4, -0.2) is 21.0 Å². The summed E-state index contributed by atoms with van der Waals surface area (Å²) in [5.74, 6) is 0.487. The minimum absolute atomic E-state index is 0.0102. The van der Waals surface area contributed by atoms with E-state index in [1.165, 1.54) is 6.42 Å². The van der Waals surface area contributed by atoms with Gasteiger partial charge >= 0.3 is 0 Å². The summed E-state index contributed by atoms with van der Waals surface area (Å²) < 4.78 is 28.2. The maximum absolute atomic E-state index is 12.7. The normalized spacial score (nSPS) is 17.3. The lowest BCUT2D eigenvalue weighted by Gasteiger charge is -2.32. The number of hydrogen-bond donors (Lipinski definition) is 2. The minimum Gasteiger partial charge on any atom is -0.385 e. The summed E-state index contributed by atoms with van der Waals surface area (Å²) in [5.41, 5.74) is 2.55. The van der Waals surface area contributed by atoms with Gasteiger partial charge in [0.2, 0.25) is 10.0 Å². The highest BCUT2D eigenvalue weighted by Crippen LogP contribution is 2.31. The molecule has 4 nitrogen and oxygen atoms in total. The first-order chi connectivity index (χ1) is 9.85. The summed E-state index contributed by atoms with van der Waals surface area (Å²) in [6.45, 7) is 8.53. The van der Waals surface area contributed by atoms with Crippen molar-refractivity contribution in [2.75, 3.05) is 11.9 Å². The van der Waals surface area contributed by atoms with Gasteiger partial charge < -0.3 is 5.32 Å². The lowest BCUT2D eigenvalue weighted by molar-refractivity contribution is 0.260. The fourth-order valence-electron chi connectivity index (χ4n) is 3.02. The number of sulfonamides is 1. The first kappa shape index (κ1) is 16.3. The first-order valence-electron chi connectivity index (χ1n) is 7.72. The van der Waals surface area contributed by atoms with Crippen LogP contribution in [0.5, 0.6) is 0 Å². The van der Waals surface area contributed by atoms with Crippen LogP contribution < -0.4 is 10.0 Å². The molecule has 2 N–H and O–H groups in total. The molecule has 118 valence electrons. The zero-order valence-electron chi connectivity index (χ0n) is 13.4. The molecule has 1 aromatic rings. The van der Waals surface area contributed by atoms with E-state index in [1.807, 2.05) is 39.8 Å². The van der Waals surface area contributed by atoms with Crippen LogP contribution >= 0.6 is 0 Å². The summed E-state index contributed by atoms with van der Waals surface area (Å²) in [5, 5.41) is 3.23. The predicted octanol–water partition coefficient (Wildman–Crippen LogP) is 3.20. The third kappa shape index (κ3) is 3.58. The van der Waals surface area contributed by atoms with Crippen molar-refractivity contribution >= 4 is 15.7 Å². The molecule has 0 bridgehead atoms. The van der Waals surface area contributed by atoms with Gasteiger partial charge in [-0.05, 0) is 69.7 Å². The second-order valence-corrected chi connectivity index (χ2v) is 7.72. The zero-order valence-corrected chi connectivity index (χ0v) is 14.2. The second-order valence-electron chi connectivity index (χ2n) is 6.07. The molecular weight excluding hydrogens is 284 g/mol. The van der Waals surface area contributed by atoms with Gasteiger partial charge in [-0.15, -0.1) is 0 Å². The van der Waals surface area contributed by atoms with E-state index in [9.17, 15) is 8.42 Å². The Bertz CT molecular complexity index is 584. The van der Waals surface area contributed by atoms with Gasteiger partial charge in [0.15, 0.2) is 0 Å². The highest BCUT2D eigenvalue weighted by atomic mass is 32.2. The molecule has 1 unspecified atom stereocenters. The summed E-state index contributed by atoms with van der Waals surface area (Å²) in [6, 6.07) is 3.81. The standard InChI is InChI=1S/C16H26N2O2S/c1-5-17-15-9-11(2)16(12(3)10-15)21(19,20)18-13(4)14-7-6-8-14/h9-10,13-14,17-18H,5-8H2,1-4H3. The molecule has 1 aliphatic rings. The molecule has 1 saturated carbocycles. The van der Waals surface area contributed by atoms with Crippen molar-refractivity contribution in [2.45, 2.75) is 57.9 Å². The number of aryl methyl sites for hydroxylation is 2. The Labute approximate surface area is 128 Å². The van der Waals surface area contributed by atoms with Gasteiger partial charge in [-0.1, -0.05) is 6.42 Å². The first-order valence-corrected chi connectivity index (χ1v) is 9.21. The molecule has 5 heteroatoms. The third-order valence-electron chi connectivity index (χ3n) is 4.31. The molecule has 2 rings (SSSR count). The van der Waals surface area contributed by atoms with Crippen molar-refractivity contribution in [1.82, 2.24) is 4.72 Å². The zero-order chi connectivity index (χ0) is 15.6. The molecule has 0 spiro atoms. The van der Waals surface area contributed by atoms with Gasteiger partial charge in [0, 0.05) is 18.3 Å². The number of nitrogens with one attached hydrogen (secondary N) is 2. The summed E-state index contributed by atoms with van der Waals surface area (Å²) in [4.78, 5) is 0.426. The van der Waals surface area contributed by atoms with Crippen molar-refractivity contribution in [3.05, 3.63) is 23.3 Å². The molecule has 1 fully saturated rings. The van der Waals surface area contributed by atoms with Crippen LogP contribution in [0.25, 0.3) is 0 Å². The molecule has 0 radical (unpaired) electrons. The molecule has 1 atom stereocenters. The summed E-state index contributed by atoms with van der Waals surface area (Å²) >= 11 is 0. The average molecular weight is 310 g/mol. The Kier molecular flexibility index (Phi) is 4.94. The summed E-state index contributed by atoms with van der Waals surface area (Å²) in [7, 11) is -3.45. The molecule has 0 amide bonds. The fraction of sp³-hybridized carbons (Fsp3) is 0.625. The van der Waals surface area contributed by atoms with Crippen molar-refractivity contribution in [2.24, 2.45) is 5.92 Å². The molecule has 1 aromatic carbocycles. The van der Waals surface area contributed by atoms with Crippen LogP contribution in [-0.2, 0) is 10.0 Å². The Hall–Kier alpha value is -1.07. The summed E-state index contributed by atoms with van der Waals surface area (Å²) in [6.07, 6.45) is 3.47. The van der Waals surface area contributed by atoms with Gasteiger partial charge in [0.1, 0.15) is 0 Å². The fourth-order valence-corrected chi connectivity index (χ4v) is 4.79. The minimum atomic E-state index is -3.45. The van der Waals surface area contributed by atoms with Crippen molar-refractivity contribution in [3.8, 4) is 0 Å². The molecular formula is C16H26N2O2S. The second kappa shape index (κ2) is 6.36. The SMILES string of the molecule is CCNc1cc(C)c(S(=O)(=O)NC(C)C2CCC2)c(C)c1. The lowest BCUT2D eigenvalue weighted by atomic mass is 9.81. The van der Waals surface area contributed by atoms with Crippen LogP contribution in [0.1, 0.15) is 44.2 Å². The van der Waals surface area contributed by atoms with E-state index in [0.29, 0.717) is 10.8 Å². The smallest absolute Gasteiger partial charge is 0.241 e. The predicted molar refractivity (Wildman–Crippen MR) is 87.2 cm³/mol. The highest BCUT2D eigenvalue weighted by Gasteiger charge is 2.29. The van der Waals surface area contributed by atoms with Crippen LogP contribution in [0.3, 0.4) is 0 Å². The molecule has 0 aromatic heterocycles. The van der Waals surface area contributed by atoms with Crippen LogP contribution in [0.4, 0.5) is 5.69 Å². The van der Waals surface area contributed by atoms with Crippen molar-refractivity contribution in [1.29, 1.82) is 0 Å². The highest BCUT2D eigenvalue weighted by molar-refractivity contribution is 7.89. The molecule has 0 aliphatic heterocycles. The Balaban J connectivity index is 2.26. The number of hydrogen-bond acceptors (Lipinski definition) is 3. The maximum atomic E-state index is 12.7. The van der Waals surface area contributed by atoms with E-state index in [4.69, 9.17) is 0 Å². The van der Waals surface area contributed by atoms with E-state index in [2.05, 4.69) is 10.0 Å². The maximum Gasteiger partial charge on any atom is 0.241 e. The number of rotatable bonds is 6. The number of benzene rings is 1. The van der Waals surface area contributed by atoms with E-state index < -0.39 is 10.0 Å². The monoisotopic (exact) mass is 310 g/mol. The lowest BCUT2D eigenvalue weighted by Crippen LogP contribution is -2.41. The average Bonchev–Trinajstić information content (AvgIpc) is 2.23. The van der Waals surface area contributed by atoms with Crippen molar-refractivity contribution < 1.29 is 8.42 Å². The van der Waals surface area contributed by atoms with Gasteiger partial charge in [-0.2, -0.15) is 0 Å². The molecule has 1 aliphatic carbocycles. The van der Waals surface area contributed by atoms with Crippen LogP contribution in [0.2, 0.25) is 0 Å². The molecule has 21 heavy (non-hydrogen) atoms. The largest absolute Gasteiger partial charge is 0.385 e. The Morgan fingerprint density at radius 3 is 2.24 bits per heavy atom. The Morgan fingerprint density at radius 1 is 1.24 bits per heavy atom.